The van der Waals surface area contributed by atoms with E-state index in [1.807, 2.05) is 30.0 Å². The molecule has 0 atom stereocenters. The van der Waals surface area contributed by atoms with Gasteiger partial charge in [0.2, 0.25) is 0 Å². The molecule has 3 nitrogen and oxygen atoms in total. The Kier molecular flexibility index (Phi) is 5.19. The van der Waals surface area contributed by atoms with Gasteiger partial charge in [-0.05, 0) is 31.2 Å². The molecule has 0 saturated heterocycles. The van der Waals surface area contributed by atoms with Gasteiger partial charge in [-0.3, -0.25) is 0 Å². The molecule has 1 saturated carbocycles. The fourth-order valence-corrected chi connectivity index (χ4v) is 3.71. The number of nitriles is 1. The Labute approximate surface area is 125 Å². The summed E-state index contributed by atoms with van der Waals surface area (Å²) >= 11 is 1.96. The SMILES string of the molecule is COc1ccc(C#N)c(NCC2(SC)CCCCC2)c1. The lowest BCUT2D eigenvalue weighted by atomic mass is 9.88. The Morgan fingerprint density at radius 2 is 2.10 bits per heavy atom. The van der Waals surface area contributed by atoms with Crippen LogP contribution >= 0.6 is 11.8 Å². The molecule has 0 amide bonds. The van der Waals surface area contributed by atoms with Gasteiger partial charge < -0.3 is 10.1 Å². The molecule has 1 aliphatic rings. The number of anilines is 1. The van der Waals surface area contributed by atoms with Gasteiger partial charge in [-0.25, -0.2) is 0 Å². The van der Waals surface area contributed by atoms with Crippen LogP contribution in [0.1, 0.15) is 37.7 Å². The monoisotopic (exact) mass is 290 g/mol. The van der Waals surface area contributed by atoms with Crippen LogP contribution in [-0.2, 0) is 0 Å². The number of rotatable bonds is 5. The third-order valence-corrected chi connectivity index (χ3v) is 5.56. The largest absolute Gasteiger partial charge is 0.497 e. The number of benzene rings is 1. The van der Waals surface area contributed by atoms with Crippen LogP contribution in [-0.4, -0.2) is 24.7 Å². The molecule has 0 heterocycles. The summed E-state index contributed by atoms with van der Waals surface area (Å²) in [5.74, 6) is 0.786. The minimum absolute atomic E-state index is 0.314. The van der Waals surface area contributed by atoms with Crippen LogP contribution in [0.3, 0.4) is 0 Å². The zero-order chi connectivity index (χ0) is 14.4. The normalized spacial score (nSPS) is 17.2. The fraction of sp³-hybridized carbons (Fsp3) is 0.562. The van der Waals surface area contributed by atoms with Gasteiger partial charge in [0.1, 0.15) is 11.8 Å². The minimum Gasteiger partial charge on any atom is -0.497 e. The van der Waals surface area contributed by atoms with Crippen molar-refractivity contribution in [3.63, 3.8) is 0 Å². The van der Waals surface area contributed by atoms with E-state index in [1.54, 1.807) is 7.11 Å². The topological polar surface area (TPSA) is 45.0 Å². The second kappa shape index (κ2) is 6.90. The quantitative estimate of drug-likeness (QED) is 0.888. The third kappa shape index (κ3) is 3.40. The molecule has 1 N–H and O–H groups in total. The standard InChI is InChI=1S/C16H22N2OS/c1-19-14-7-6-13(11-17)15(10-14)18-12-16(20-2)8-4-3-5-9-16/h6-7,10,18H,3-5,8-9,12H2,1-2H3. The van der Waals surface area contributed by atoms with Gasteiger partial charge in [0.15, 0.2) is 0 Å². The summed E-state index contributed by atoms with van der Waals surface area (Å²) in [4.78, 5) is 0. The highest BCUT2D eigenvalue weighted by molar-refractivity contribution is 8.00. The van der Waals surface area contributed by atoms with Crippen LogP contribution in [0.2, 0.25) is 0 Å². The average molecular weight is 290 g/mol. The molecular weight excluding hydrogens is 268 g/mol. The summed E-state index contributed by atoms with van der Waals surface area (Å²) in [7, 11) is 1.65. The zero-order valence-corrected chi connectivity index (χ0v) is 13.1. The summed E-state index contributed by atoms with van der Waals surface area (Å²) in [5.41, 5.74) is 1.56. The average Bonchev–Trinajstić information content (AvgIpc) is 2.53. The minimum atomic E-state index is 0.314. The Hall–Kier alpha value is -1.34. The molecule has 0 aliphatic heterocycles. The highest BCUT2D eigenvalue weighted by Crippen LogP contribution is 2.39. The van der Waals surface area contributed by atoms with Gasteiger partial charge in [0, 0.05) is 17.4 Å². The van der Waals surface area contributed by atoms with Crippen molar-refractivity contribution < 1.29 is 4.74 Å². The summed E-state index contributed by atoms with van der Waals surface area (Å²) in [6.07, 6.45) is 8.69. The molecule has 4 heteroatoms. The molecule has 1 aromatic rings. The summed E-state index contributed by atoms with van der Waals surface area (Å²) in [5, 5.41) is 12.7. The lowest BCUT2D eigenvalue weighted by Gasteiger charge is -2.36. The van der Waals surface area contributed by atoms with Gasteiger partial charge in [0.25, 0.3) is 0 Å². The van der Waals surface area contributed by atoms with E-state index in [4.69, 9.17) is 4.74 Å². The lowest BCUT2D eigenvalue weighted by Crippen LogP contribution is -2.35. The molecule has 1 aromatic carbocycles. The molecule has 0 radical (unpaired) electrons. The number of nitrogens with zero attached hydrogens (tertiary/aromatic N) is 1. The van der Waals surface area contributed by atoms with E-state index >= 15 is 0 Å². The third-order valence-electron chi connectivity index (χ3n) is 4.15. The van der Waals surface area contributed by atoms with Crippen molar-refractivity contribution in [3.8, 4) is 11.8 Å². The van der Waals surface area contributed by atoms with Crippen molar-refractivity contribution in [3.05, 3.63) is 23.8 Å². The summed E-state index contributed by atoms with van der Waals surface area (Å²) in [6, 6.07) is 7.79. The van der Waals surface area contributed by atoms with E-state index in [9.17, 15) is 5.26 Å². The van der Waals surface area contributed by atoms with Crippen molar-refractivity contribution in [1.29, 1.82) is 5.26 Å². The molecule has 2 rings (SSSR count). The van der Waals surface area contributed by atoms with Crippen molar-refractivity contribution in [2.45, 2.75) is 36.9 Å². The second-order valence-electron chi connectivity index (χ2n) is 5.32. The molecule has 20 heavy (non-hydrogen) atoms. The van der Waals surface area contributed by atoms with E-state index in [0.29, 0.717) is 10.3 Å². The maximum absolute atomic E-state index is 9.20. The van der Waals surface area contributed by atoms with Crippen LogP contribution < -0.4 is 10.1 Å². The van der Waals surface area contributed by atoms with E-state index in [2.05, 4.69) is 17.6 Å². The maximum atomic E-state index is 9.20. The number of ether oxygens (including phenoxy) is 1. The summed E-state index contributed by atoms with van der Waals surface area (Å²) < 4.78 is 5.56. The Balaban J connectivity index is 2.11. The van der Waals surface area contributed by atoms with Gasteiger partial charge in [-0.15, -0.1) is 0 Å². The zero-order valence-electron chi connectivity index (χ0n) is 12.2. The molecule has 0 aromatic heterocycles. The van der Waals surface area contributed by atoms with Gasteiger partial charge >= 0.3 is 0 Å². The van der Waals surface area contributed by atoms with Crippen molar-refractivity contribution in [2.24, 2.45) is 0 Å². The Morgan fingerprint density at radius 1 is 1.35 bits per heavy atom. The predicted molar refractivity (Wildman–Crippen MR) is 85.5 cm³/mol. The number of methoxy groups -OCH3 is 1. The molecular formula is C16H22N2OS. The first kappa shape index (κ1) is 15.1. The van der Waals surface area contributed by atoms with Crippen LogP contribution in [0.25, 0.3) is 0 Å². The number of nitrogens with one attached hydrogen (secondary N) is 1. The van der Waals surface area contributed by atoms with E-state index in [-0.39, 0.29) is 0 Å². The first-order chi connectivity index (χ1) is 9.73. The number of hydrogen-bond acceptors (Lipinski definition) is 4. The molecule has 0 spiro atoms. The summed E-state index contributed by atoms with van der Waals surface area (Å²) in [6.45, 7) is 0.913. The van der Waals surface area contributed by atoms with Gasteiger partial charge in [-0.1, -0.05) is 19.3 Å². The fourth-order valence-electron chi connectivity index (χ4n) is 2.80. The molecule has 108 valence electrons. The van der Waals surface area contributed by atoms with Crippen LogP contribution in [0.5, 0.6) is 5.75 Å². The smallest absolute Gasteiger partial charge is 0.121 e. The van der Waals surface area contributed by atoms with Crippen LogP contribution in [0.4, 0.5) is 5.69 Å². The van der Waals surface area contributed by atoms with Crippen molar-refractivity contribution >= 4 is 17.4 Å². The molecule has 1 fully saturated rings. The van der Waals surface area contributed by atoms with Gasteiger partial charge in [-0.2, -0.15) is 17.0 Å². The van der Waals surface area contributed by atoms with E-state index in [1.165, 1.54) is 32.1 Å². The Morgan fingerprint density at radius 3 is 2.70 bits per heavy atom. The Bertz CT molecular complexity index is 490. The highest BCUT2D eigenvalue weighted by atomic mass is 32.2. The van der Waals surface area contributed by atoms with Crippen LogP contribution in [0, 0.1) is 11.3 Å². The van der Waals surface area contributed by atoms with Crippen molar-refractivity contribution in [1.82, 2.24) is 0 Å². The number of hydrogen-bond donors (Lipinski definition) is 1. The lowest BCUT2D eigenvalue weighted by molar-refractivity contribution is 0.410. The van der Waals surface area contributed by atoms with E-state index in [0.717, 1.165) is 18.0 Å². The molecule has 1 aliphatic carbocycles. The number of thioether (sulfide) groups is 1. The second-order valence-corrected chi connectivity index (χ2v) is 6.60. The molecule has 0 bridgehead atoms. The van der Waals surface area contributed by atoms with Crippen LogP contribution in [0.15, 0.2) is 18.2 Å². The predicted octanol–water partition coefficient (Wildman–Crippen LogP) is 4.04. The first-order valence-corrected chi connectivity index (χ1v) is 8.33. The highest BCUT2D eigenvalue weighted by Gasteiger charge is 2.31. The van der Waals surface area contributed by atoms with E-state index < -0.39 is 0 Å². The maximum Gasteiger partial charge on any atom is 0.121 e. The van der Waals surface area contributed by atoms with Gasteiger partial charge in [0.05, 0.1) is 18.4 Å². The first-order valence-electron chi connectivity index (χ1n) is 7.10. The van der Waals surface area contributed by atoms with Crippen molar-refractivity contribution in [2.75, 3.05) is 25.2 Å². The molecule has 0 unspecified atom stereocenters.